The van der Waals surface area contributed by atoms with E-state index >= 15 is 0 Å². The van der Waals surface area contributed by atoms with Crippen LogP contribution in [0.2, 0.25) is 0 Å². The zero-order chi connectivity index (χ0) is 13.1. The highest BCUT2D eigenvalue weighted by molar-refractivity contribution is 5.52. The maximum Gasteiger partial charge on any atom is 0.157 e. The number of anilines is 1. The van der Waals surface area contributed by atoms with Crippen molar-refractivity contribution in [2.75, 3.05) is 32.2 Å². The third-order valence-corrected chi connectivity index (χ3v) is 2.74. The lowest BCUT2D eigenvalue weighted by molar-refractivity contribution is 0.0694. The van der Waals surface area contributed by atoms with Gasteiger partial charge in [0, 0.05) is 20.7 Å². The summed E-state index contributed by atoms with van der Waals surface area (Å²) in [6.45, 7) is 2.81. The quantitative estimate of drug-likeness (QED) is 0.836. The number of aromatic nitrogens is 3. The first-order chi connectivity index (χ1) is 8.61. The normalized spacial score (nSPS) is 12.9. The molecule has 2 aromatic heterocycles. The minimum Gasteiger partial charge on any atom is -0.389 e. The van der Waals surface area contributed by atoms with Crippen LogP contribution in [0, 0.1) is 6.92 Å². The molecule has 2 rings (SSSR count). The fourth-order valence-corrected chi connectivity index (χ4v) is 1.96. The monoisotopic (exact) mass is 250 g/mol. The van der Waals surface area contributed by atoms with Gasteiger partial charge in [-0.2, -0.15) is 9.61 Å². The lowest BCUT2D eigenvalue weighted by atomic mass is 10.2. The van der Waals surface area contributed by atoms with Gasteiger partial charge in [0.05, 0.1) is 12.7 Å². The molecule has 0 spiro atoms. The van der Waals surface area contributed by atoms with Gasteiger partial charge in [0.15, 0.2) is 5.65 Å². The second-order valence-corrected chi connectivity index (χ2v) is 4.41. The van der Waals surface area contributed by atoms with E-state index < -0.39 is 6.10 Å². The molecule has 1 N–H and O–H groups in total. The number of fused-ring (bicyclic) bond motifs is 1. The summed E-state index contributed by atoms with van der Waals surface area (Å²) in [4.78, 5) is 6.12. The summed E-state index contributed by atoms with van der Waals surface area (Å²) < 4.78 is 6.68. The molecule has 6 heteroatoms. The highest BCUT2D eigenvalue weighted by atomic mass is 16.5. The Morgan fingerprint density at radius 1 is 1.50 bits per heavy atom. The molecule has 0 aliphatic carbocycles. The number of nitrogens with zero attached hydrogens (tertiary/aromatic N) is 4. The number of hydrogen-bond donors (Lipinski definition) is 1. The molecule has 2 heterocycles. The molecule has 0 aromatic carbocycles. The second kappa shape index (κ2) is 5.32. The van der Waals surface area contributed by atoms with Crippen LogP contribution in [0.25, 0.3) is 5.65 Å². The van der Waals surface area contributed by atoms with E-state index in [1.165, 1.54) is 6.33 Å². The standard InChI is InChI=1S/C12H18N4O2/c1-9-4-11-13-8-14-16(11)12(5-9)15(2)6-10(17)7-18-3/h4-5,8,10,17H,6-7H2,1-3H3. The third kappa shape index (κ3) is 2.60. The van der Waals surface area contributed by atoms with Crippen LogP contribution in [-0.4, -0.2) is 53.1 Å². The van der Waals surface area contributed by atoms with Crippen LogP contribution >= 0.6 is 0 Å². The number of rotatable bonds is 5. The number of methoxy groups -OCH3 is 1. The van der Waals surface area contributed by atoms with Crippen LogP contribution < -0.4 is 4.90 Å². The van der Waals surface area contributed by atoms with Crippen molar-refractivity contribution in [2.45, 2.75) is 13.0 Å². The third-order valence-electron chi connectivity index (χ3n) is 2.74. The highest BCUT2D eigenvalue weighted by Crippen LogP contribution is 2.16. The maximum absolute atomic E-state index is 9.76. The van der Waals surface area contributed by atoms with Crippen molar-refractivity contribution in [3.63, 3.8) is 0 Å². The summed E-state index contributed by atoms with van der Waals surface area (Å²) in [5.41, 5.74) is 1.91. The minimum absolute atomic E-state index is 0.316. The van der Waals surface area contributed by atoms with E-state index in [1.807, 2.05) is 31.0 Å². The summed E-state index contributed by atoms with van der Waals surface area (Å²) in [6, 6.07) is 3.98. The molecule has 0 amide bonds. The molecule has 1 unspecified atom stereocenters. The summed E-state index contributed by atoms with van der Waals surface area (Å²) in [5.74, 6) is 0.901. The highest BCUT2D eigenvalue weighted by Gasteiger charge is 2.12. The fraction of sp³-hybridized carbons (Fsp3) is 0.500. The Bertz CT molecular complexity index is 526. The Morgan fingerprint density at radius 2 is 2.28 bits per heavy atom. The Balaban J connectivity index is 2.26. The van der Waals surface area contributed by atoms with Crippen LogP contribution in [0.3, 0.4) is 0 Å². The Morgan fingerprint density at radius 3 is 3.00 bits per heavy atom. The molecule has 98 valence electrons. The van der Waals surface area contributed by atoms with Gasteiger partial charge in [-0.1, -0.05) is 0 Å². The lowest BCUT2D eigenvalue weighted by Gasteiger charge is -2.23. The van der Waals surface area contributed by atoms with Gasteiger partial charge in [0.2, 0.25) is 0 Å². The molecule has 6 nitrogen and oxygen atoms in total. The van der Waals surface area contributed by atoms with Gasteiger partial charge >= 0.3 is 0 Å². The number of aryl methyl sites for hydroxylation is 1. The first-order valence-corrected chi connectivity index (χ1v) is 5.80. The van der Waals surface area contributed by atoms with Crippen molar-refractivity contribution in [2.24, 2.45) is 0 Å². The lowest BCUT2D eigenvalue weighted by Crippen LogP contribution is -2.33. The fourth-order valence-electron chi connectivity index (χ4n) is 1.96. The van der Waals surface area contributed by atoms with E-state index in [2.05, 4.69) is 10.1 Å². The average molecular weight is 250 g/mol. The van der Waals surface area contributed by atoms with E-state index in [0.717, 1.165) is 17.0 Å². The van der Waals surface area contributed by atoms with Crippen LogP contribution in [0.5, 0.6) is 0 Å². The zero-order valence-electron chi connectivity index (χ0n) is 10.9. The molecular weight excluding hydrogens is 232 g/mol. The van der Waals surface area contributed by atoms with Crippen LogP contribution in [-0.2, 0) is 4.74 Å². The number of aliphatic hydroxyl groups is 1. The van der Waals surface area contributed by atoms with E-state index in [1.54, 1.807) is 11.6 Å². The SMILES string of the molecule is COCC(O)CN(C)c1cc(C)cc2ncnn12. The van der Waals surface area contributed by atoms with Gasteiger partial charge in [-0.05, 0) is 24.6 Å². The van der Waals surface area contributed by atoms with Crippen molar-refractivity contribution >= 4 is 11.5 Å². The van der Waals surface area contributed by atoms with E-state index in [9.17, 15) is 5.11 Å². The molecule has 0 aliphatic heterocycles. The number of likely N-dealkylation sites (N-methyl/N-ethyl adjacent to an activating group) is 1. The summed E-state index contributed by atoms with van der Waals surface area (Å²) >= 11 is 0. The smallest absolute Gasteiger partial charge is 0.157 e. The van der Waals surface area contributed by atoms with Crippen molar-refractivity contribution in [3.8, 4) is 0 Å². The largest absolute Gasteiger partial charge is 0.389 e. The minimum atomic E-state index is -0.529. The van der Waals surface area contributed by atoms with Gasteiger partial charge in [0.25, 0.3) is 0 Å². The van der Waals surface area contributed by atoms with Gasteiger partial charge in [-0.25, -0.2) is 4.98 Å². The van der Waals surface area contributed by atoms with Gasteiger partial charge < -0.3 is 14.7 Å². The molecule has 1 atom stereocenters. The summed E-state index contributed by atoms with van der Waals surface area (Å²) in [6.07, 6.45) is 0.997. The zero-order valence-corrected chi connectivity index (χ0v) is 10.9. The number of ether oxygens (including phenoxy) is 1. The van der Waals surface area contributed by atoms with Gasteiger partial charge in [-0.15, -0.1) is 0 Å². The summed E-state index contributed by atoms with van der Waals surface area (Å²) in [5, 5.41) is 13.9. The van der Waals surface area contributed by atoms with Gasteiger partial charge in [0.1, 0.15) is 12.1 Å². The van der Waals surface area contributed by atoms with Crippen LogP contribution in [0.15, 0.2) is 18.5 Å². The molecule has 18 heavy (non-hydrogen) atoms. The predicted octanol–water partition coefficient (Wildman–Crippen LogP) is 0.481. The molecule has 2 aromatic rings. The molecule has 0 saturated carbocycles. The number of aliphatic hydroxyl groups excluding tert-OH is 1. The molecule has 0 aliphatic rings. The van der Waals surface area contributed by atoms with E-state index in [4.69, 9.17) is 4.74 Å². The molecule has 0 saturated heterocycles. The first kappa shape index (κ1) is 12.8. The van der Waals surface area contributed by atoms with Crippen molar-refractivity contribution in [3.05, 3.63) is 24.0 Å². The maximum atomic E-state index is 9.76. The number of hydrogen-bond acceptors (Lipinski definition) is 5. The Labute approximate surface area is 106 Å². The summed E-state index contributed by atoms with van der Waals surface area (Å²) in [7, 11) is 3.49. The van der Waals surface area contributed by atoms with E-state index in [0.29, 0.717) is 13.2 Å². The first-order valence-electron chi connectivity index (χ1n) is 5.80. The van der Waals surface area contributed by atoms with E-state index in [-0.39, 0.29) is 0 Å². The van der Waals surface area contributed by atoms with Crippen molar-refractivity contribution in [1.29, 1.82) is 0 Å². The van der Waals surface area contributed by atoms with Gasteiger partial charge in [-0.3, -0.25) is 0 Å². The molecule has 0 radical (unpaired) electrons. The second-order valence-electron chi connectivity index (χ2n) is 4.41. The van der Waals surface area contributed by atoms with Crippen molar-refractivity contribution < 1.29 is 9.84 Å². The molecule has 0 bridgehead atoms. The topological polar surface area (TPSA) is 62.9 Å². The van der Waals surface area contributed by atoms with Crippen LogP contribution in [0.1, 0.15) is 5.56 Å². The molecular formula is C12H18N4O2. The predicted molar refractivity (Wildman–Crippen MR) is 68.9 cm³/mol. The Kier molecular flexibility index (Phi) is 3.78. The Hall–Kier alpha value is -1.66. The molecule has 0 fully saturated rings. The van der Waals surface area contributed by atoms with Crippen molar-refractivity contribution in [1.82, 2.24) is 14.6 Å². The number of pyridine rings is 1. The average Bonchev–Trinajstić information content (AvgIpc) is 2.75. The van der Waals surface area contributed by atoms with Crippen LogP contribution in [0.4, 0.5) is 5.82 Å².